The number of hydrogen-bond acceptors (Lipinski definition) is 3. The summed E-state index contributed by atoms with van der Waals surface area (Å²) in [5, 5.41) is 3.00. The van der Waals surface area contributed by atoms with E-state index in [0.717, 1.165) is 30.6 Å². The van der Waals surface area contributed by atoms with E-state index in [2.05, 4.69) is 5.32 Å². The van der Waals surface area contributed by atoms with Crippen LogP contribution < -0.4 is 15.8 Å². The van der Waals surface area contributed by atoms with Gasteiger partial charge in [0.05, 0.1) is 7.11 Å². The van der Waals surface area contributed by atoms with Crippen molar-refractivity contribution in [1.29, 1.82) is 0 Å². The van der Waals surface area contributed by atoms with Gasteiger partial charge >= 0.3 is 0 Å². The van der Waals surface area contributed by atoms with Gasteiger partial charge in [-0.05, 0) is 36.8 Å². The number of carbonyl (C=O) groups excluding carboxylic acids is 1. The number of benzene rings is 1. The smallest absolute Gasteiger partial charge is 0.220 e. The van der Waals surface area contributed by atoms with Crippen LogP contribution in [0.15, 0.2) is 24.3 Å². The topological polar surface area (TPSA) is 64.3 Å². The van der Waals surface area contributed by atoms with Crippen molar-refractivity contribution in [3.05, 3.63) is 29.8 Å². The van der Waals surface area contributed by atoms with Gasteiger partial charge in [-0.2, -0.15) is 0 Å². The molecule has 0 saturated heterocycles. The van der Waals surface area contributed by atoms with Crippen LogP contribution in [0.3, 0.4) is 0 Å². The van der Waals surface area contributed by atoms with Crippen LogP contribution in [0.5, 0.6) is 5.75 Å². The van der Waals surface area contributed by atoms with Crippen LogP contribution in [-0.4, -0.2) is 25.6 Å². The van der Waals surface area contributed by atoms with Gasteiger partial charge in [-0.15, -0.1) is 12.4 Å². The first-order chi connectivity index (χ1) is 10.2. The highest BCUT2D eigenvalue weighted by molar-refractivity contribution is 5.85. The molecule has 3 N–H and O–H groups in total. The first-order valence-corrected chi connectivity index (χ1v) is 7.85. The van der Waals surface area contributed by atoms with E-state index in [1.165, 1.54) is 12.8 Å². The molecule has 0 radical (unpaired) electrons. The largest absolute Gasteiger partial charge is 0.496 e. The Morgan fingerprint density at radius 1 is 1.32 bits per heavy atom. The van der Waals surface area contributed by atoms with E-state index >= 15 is 0 Å². The summed E-state index contributed by atoms with van der Waals surface area (Å²) in [6.45, 7) is 0.640. The summed E-state index contributed by atoms with van der Waals surface area (Å²) < 4.78 is 5.31. The molecule has 124 valence electrons. The summed E-state index contributed by atoms with van der Waals surface area (Å²) in [6.07, 6.45) is 5.89. The monoisotopic (exact) mass is 326 g/mol. The number of nitrogens with two attached hydrogens (primary N) is 1. The summed E-state index contributed by atoms with van der Waals surface area (Å²) in [7, 11) is 1.67. The molecule has 2 unspecified atom stereocenters. The van der Waals surface area contributed by atoms with Gasteiger partial charge in [0.1, 0.15) is 5.75 Å². The predicted molar refractivity (Wildman–Crippen MR) is 91.5 cm³/mol. The number of rotatable bonds is 6. The van der Waals surface area contributed by atoms with Crippen LogP contribution in [0, 0.1) is 5.92 Å². The third-order valence-corrected chi connectivity index (χ3v) is 4.32. The highest BCUT2D eigenvalue weighted by Crippen LogP contribution is 2.25. The number of methoxy groups -OCH3 is 1. The molecule has 0 heterocycles. The van der Waals surface area contributed by atoms with Crippen molar-refractivity contribution in [1.82, 2.24) is 5.32 Å². The molecule has 2 atom stereocenters. The van der Waals surface area contributed by atoms with E-state index in [-0.39, 0.29) is 24.4 Å². The van der Waals surface area contributed by atoms with E-state index in [4.69, 9.17) is 10.5 Å². The molecular weight excluding hydrogens is 300 g/mol. The minimum Gasteiger partial charge on any atom is -0.496 e. The SMILES string of the molecule is COc1ccccc1CCNC(=O)CC1CCCCC1N.Cl. The minimum atomic E-state index is 0. The highest BCUT2D eigenvalue weighted by Gasteiger charge is 2.23. The lowest BCUT2D eigenvalue weighted by atomic mass is 9.83. The van der Waals surface area contributed by atoms with E-state index in [1.54, 1.807) is 7.11 Å². The van der Waals surface area contributed by atoms with E-state index in [9.17, 15) is 4.79 Å². The van der Waals surface area contributed by atoms with Crippen molar-refractivity contribution in [3.63, 3.8) is 0 Å². The first-order valence-electron chi connectivity index (χ1n) is 7.85. The lowest BCUT2D eigenvalue weighted by Crippen LogP contribution is -2.37. The molecular formula is C17H27ClN2O2. The molecule has 1 aliphatic carbocycles. The van der Waals surface area contributed by atoms with Crippen LogP contribution in [0.2, 0.25) is 0 Å². The summed E-state index contributed by atoms with van der Waals surface area (Å²) in [5.41, 5.74) is 7.21. The van der Waals surface area contributed by atoms with Crippen molar-refractivity contribution in [2.75, 3.05) is 13.7 Å². The van der Waals surface area contributed by atoms with Crippen molar-refractivity contribution in [2.24, 2.45) is 11.7 Å². The van der Waals surface area contributed by atoms with Gasteiger partial charge in [0.25, 0.3) is 0 Å². The number of halogens is 1. The normalized spacial score (nSPS) is 20.8. The second-order valence-electron chi connectivity index (χ2n) is 5.82. The molecule has 2 rings (SSSR count). The fourth-order valence-corrected chi connectivity index (χ4v) is 3.05. The van der Waals surface area contributed by atoms with E-state index < -0.39 is 0 Å². The summed E-state index contributed by atoms with van der Waals surface area (Å²) in [4.78, 5) is 12.0. The number of para-hydroxylation sites is 1. The Labute approximate surface area is 139 Å². The zero-order valence-electron chi connectivity index (χ0n) is 13.2. The molecule has 1 fully saturated rings. The predicted octanol–water partition coefficient (Wildman–Crippen LogP) is 2.68. The zero-order valence-corrected chi connectivity index (χ0v) is 14.0. The molecule has 0 spiro atoms. The quantitative estimate of drug-likeness (QED) is 0.844. The molecule has 0 aromatic heterocycles. The van der Waals surface area contributed by atoms with Crippen LogP contribution in [0.1, 0.15) is 37.7 Å². The zero-order chi connectivity index (χ0) is 15.1. The summed E-state index contributed by atoms with van der Waals surface area (Å²) in [5.74, 6) is 1.35. The number of ether oxygens (including phenoxy) is 1. The van der Waals surface area contributed by atoms with Crippen molar-refractivity contribution >= 4 is 18.3 Å². The molecule has 4 nitrogen and oxygen atoms in total. The average Bonchev–Trinajstić information content (AvgIpc) is 2.50. The van der Waals surface area contributed by atoms with Gasteiger partial charge in [0.15, 0.2) is 0 Å². The van der Waals surface area contributed by atoms with E-state index in [1.807, 2.05) is 24.3 Å². The van der Waals surface area contributed by atoms with Gasteiger partial charge in [-0.3, -0.25) is 4.79 Å². The van der Waals surface area contributed by atoms with Crippen LogP contribution >= 0.6 is 12.4 Å². The third kappa shape index (κ3) is 5.50. The fourth-order valence-electron chi connectivity index (χ4n) is 3.05. The molecule has 1 aromatic rings. The van der Waals surface area contributed by atoms with Crippen molar-refractivity contribution < 1.29 is 9.53 Å². The summed E-state index contributed by atoms with van der Waals surface area (Å²) in [6, 6.07) is 8.10. The molecule has 1 aromatic carbocycles. The molecule has 0 bridgehead atoms. The third-order valence-electron chi connectivity index (χ3n) is 4.32. The van der Waals surface area contributed by atoms with Gasteiger partial charge in [0.2, 0.25) is 5.91 Å². The minimum absolute atomic E-state index is 0. The fraction of sp³-hybridized carbons (Fsp3) is 0.588. The highest BCUT2D eigenvalue weighted by atomic mass is 35.5. The van der Waals surface area contributed by atoms with Crippen LogP contribution in [0.4, 0.5) is 0 Å². The maximum atomic E-state index is 12.0. The number of amides is 1. The maximum absolute atomic E-state index is 12.0. The Morgan fingerprint density at radius 2 is 2.05 bits per heavy atom. The lowest BCUT2D eigenvalue weighted by molar-refractivity contribution is -0.122. The van der Waals surface area contributed by atoms with Gasteiger partial charge in [-0.25, -0.2) is 0 Å². The van der Waals surface area contributed by atoms with Crippen LogP contribution in [0.25, 0.3) is 0 Å². The Morgan fingerprint density at radius 3 is 2.77 bits per heavy atom. The Hall–Kier alpha value is -1.26. The molecule has 0 aliphatic heterocycles. The van der Waals surface area contributed by atoms with Gasteiger partial charge < -0.3 is 15.8 Å². The molecule has 1 aliphatic rings. The number of nitrogens with one attached hydrogen (secondary N) is 1. The Balaban J connectivity index is 0.00000242. The second-order valence-corrected chi connectivity index (χ2v) is 5.82. The molecule has 1 saturated carbocycles. The van der Waals surface area contributed by atoms with E-state index in [0.29, 0.717) is 18.9 Å². The number of hydrogen-bond donors (Lipinski definition) is 2. The Bertz CT molecular complexity index is 468. The maximum Gasteiger partial charge on any atom is 0.220 e. The van der Waals surface area contributed by atoms with Crippen LogP contribution in [-0.2, 0) is 11.2 Å². The van der Waals surface area contributed by atoms with Gasteiger partial charge in [-0.1, -0.05) is 31.0 Å². The average molecular weight is 327 g/mol. The van der Waals surface area contributed by atoms with Crippen molar-refractivity contribution in [3.8, 4) is 5.75 Å². The molecule has 1 amide bonds. The number of carbonyl (C=O) groups is 1. The van der Waals surface area contributed by atoms with Crippen molar-refractivity contribution in [2.45, 2.75) is 44.6 Å². The second kappa shape index (κ2) is 9.70. The Kier molecular flexibility index (Phi) is 8.28. The standard InChI is InChI=1S/C17H26N2O2.ClH/c1-21-16-9-5-3-6-13(16)10-11-19-17(20)12-14-7-2-4-8-15(14)18;/h3,5-6,9,14-15H,2,4,7-8,10-12,18H2,1H3,(H,19,20);1H. The summed E-state index contributed by atoms with van der Waals surface area (Å²) >= 11 is 0. The lowest BCUT2D eigenvalue weighted by Gasteiger charge is -2.27. The first kappa shape index (κ1) is 18.8. The van der Waals surface area contributed by atoms with Gasteiger partial charge in [0, 0.05) is 19.0 Å². The molecule has 5 heteroatoms. The molecule has 22 heavy (non-hydrogen) atoms.